The zero-order valence-electron chi connectivity index (χ0n) is 13.7. The number of carbonyl (C=O) groups is 1. The van der Waals surface area contributed by atoms with Crippen molar-refractivity contribution in [3.8, 4) is 5.69 Å². The van der Waals surface area contributed by atoms with E-state index in [1.165, 1.54) is 12.1 Å². The molecule has 1 aliphatic rings. The number of halogens is 6. The van der Waals surface area contributed by atoms with Gasteiger partial charge in [-0.25, -0.2) is 4.68 Å². The maximum absolute atomic E-state index is 13.1. The van der Waals surface area contributed by atoms with Crippen molar-refractivity contribution >= 4 is 11.6 Å². The van der Waals surface area contributed by atoms with E-state index < -0.39 is 23.7 Å². The number of amides is 1. The van der Waals surface area contributed by atoms with Crippen molar-refractivity contribution in [3.63, 3.8) is 0 Å². The lowest BCUT2D eigenvalue weighted by Crippen LogP contribution is -2.14. The highest BCUT2D eigenvalue weighted by Gasteiger charge is 2.42. The molecular formula is C17H13F6N3O. The van der Waals surface area contributed by atoms with Gasteiger partial charge in [0.15, 0.2) is 5.69 Å². The molecule has 1 aliphatic carbocycles. The summed E-state index contributed by atoms with van der Waals surface area (Å²) in [6.07, 6.45) is -5.88. The van der Waals surface area contributed by atoms with Crippen LogP contribution in [-0.4, -0.2) is 15.7 Å². The van der Waals surface area contributed by atoms with E-state index in [9.17, 15) is 31.1 Å². The average molecular weight is 389 g/mol. The molecule has 0 atom stereocenters. The summed E-state index contributed by atoms with van der Waals surface area (Å²) in [4.78, 5) is 12.0. The Kier molecular flexibility index (Phi) is 4.75. The molecule has 144 valence electrons. The van der Waals surface area contributed by atoms with Crippen LogP contribution in [0.15, 0.2) is 42.0 Å². The molecule has 0 radical (unpaired) electrons. The Hall–Kier alpha value is -2.78. The zero-order chi connectivity index (χ0) is 19.8. The second-order valence-electron chi connectivity index (χ2n) is 5.94. The number of rotatable bonds is 3. The molecule has 0 aliphatic heterocycles. The van der Waals surface area contributed by atoms with Crippen LogP contribution >= 0.6 is 0 Å². The Morgan fingerprint density at radius 2 is 1.70 bits per heavy atom. The zero-order valence-corrected chi connectivity index (χ0v) is 13.7. The highest BCUT2D eigenvalue weighted by Crippen LogP contribution is 2.36. The molecule has 1 aromatic carbocycles. The van der Waals surface area contributed by atoms with Gasteiger partial charge in [-0.1, -0.05) is 6.08 Å². The number of aromatic nitrogens is 2. The minimum atomic E-state index is -5.02. The molecule has 4 nitrogen and oxygen atoms in total. The number of nitrogens with zero attached hydrogens (tertiary/aromatic N) is 2. The van der Waals surface area contributed by atoms with E-state index in [-0.39, 0.29) is 22.3 Å². The van der Waals surface area contributed by atoms with Gasteiger partial charge in [0, 0.05) is 17.3 Å². The summed E-state index contributed by atoms with van der Waals surface area (Å²) in [6.45, 7) is 0. The topological polar surface area (TPSA) is 46.9 Å². The number of carbonyl (C=O) groups excluding carboxylic acids is 1. The Labute approximate surface area is 149 Å². The van der Waals surface area contributed by atoms with Crippen LogP contribution in [0.5, 0.6) is 0 Å². The van der Waals surface area contributed by atoms with Crippen molar-refractivity contribution in [1.82, 2.24) is 9.78 Å². The summed E-state index contributed by atoms with van der Waals surface area (Å²) in [5.41, 5.74) is -2.45. The van der Waals surface area contributed by atoms with E-state index in [1.807, 2.05) is 6.08 Å². The number of alkyl halides is 6. The van der Waals surface area contributed by atoms with Gasteiger partial charge >= 0.3 is 12.4 Å². The SMILES string of the molecule is O=C(Nc1ccc(-n2nc(C(F)(F)F)cc2C(F)(F)F)cc1)C1=CCCC1. The Bertz CT molecular complexity index is 878. The van der Waals surface area contributed by atoms with Crippen molar-refractivity contribution in [2.75, 3.05) is 5.32 Å². The van der Waals surface area contributed by atoms with Gasteiger partial charge in [-0.05, 0) is 43.5 Å². The third-order valence-electron chi connectivity index (χ3n) is 3.99. The van der Waals surface area contributed by atoms with Crippen molar-refractivity contribution in [1.29, 1.82) is 0 Å². The Morgan fingerprint density at radius 3 is 2.22 bits per heavy atom. The first-order chi connectivity index (χ1) is 12.6. The molecule has 0 fully saturated rings. The molecule has 1 N–H and O–H groups in total. The minimum Gasteiger partial charge on any atom is -0.322 e. The number of hydrogen-bond donors (Lipinski definition) is 1. The monoisotopic (exact) mass is 389 g/mol. The van der Waals surface area contributed by atoms with E-state index in [4.69, 9.17) is 0 Å². The number of allylic oxidation sites excluding steroid dienone is 1. The first kappa shape index (κ1) is 19.0. The van der Waals surface area contributed by atoms with E-state index in [0.29, 0.717) is 17.7 Å². The molecule has 0 saturated carbocycles. The van der Waals surface area contributed by atoms with Gasteiger partial charge in [0.25, 0.3) is 5.91 Å². The second kappa shape index (κ2) is 6.75. The van der Waals surface area contributed by atoms with Crippen molar-refractivity contribution in [2.45, 2.75) is 31.6 Å². The van der Waals surface area contributed by atoms with Gasteiger partial charge in [-0.2, -0.15) is 31.4 Å². The Morgan fingerprint density at radius 1 is 1.04 bits per heavy atom. The van der Waals surface area contributed by atoms with Crippen molar-refractivity contribution < 1.29 is 31.1 Å². The van der Waals surface area contributed by atoms with Gasteiger partial charge in [0.2, 0.25) is 0 Å². The molecule has 1 aromatic heterocycles. The summed E-state index contributed by atoms with van der Waals surface area (Å²) >= 11 is 0. The molecule has 27 heavy (non-hydrogen) atoms. The molecular weight excluding hydrogens is 376 g/mol. The average Bonchev–Trinajstić information content (AvgIpc) is 3.24. The third kappa shape index (κ3) is 4.15. The van der Waals surface area contributed by atoms with Crippen molar-refractivity contribution in [3.05, 3.63) is 53.4 Å². The lowest BCUT2D eigenvalue weighted by Gasteiger charge is -2.11. The summed E-state index contributed by atoms with van der Waals surface area (Å²) in [5, 5.41) is 5.64. The fourth-order valence-corrected chi connectivity index (χ4v) is 2.69. The summed E-state index contributed by atoms with van der Waals surface area (Å²) in [6, 6.07) is 4.88. The largest absolute Gasteiger partial charge is 0.435 e. The van der Waals surface area contributed by atoms with Crippen LogP contribution in [0.2, 0.25) is 0 Å². The predicted octanol–water partition coefficient (Wildman–Crippen LogP) is 4.96. The lowest BCUT2D eigenvalue weighted by molar-refractivity contribution is -0.143. The molecule has 0 unspecified atom stereocenters. The van der Waals surface area contributed by atoms with E-state index >= 15 is 0 Å². The Balaban J connectivity index is 1.88. The van der Waals surface area contributed by atoms with Crippen LogP contribution in [-0.2, 0) is 17.1 Å². The molecule has 10 heteroatoms. The van der Waals surface area contributed by atoms with Gasteiger partial charge in [0.05, 0.1) is 5.69 Å². The van der Waals surface area contributed by atoms with Crippen LogP contribution in [0.3, 0.4) is 0 Å². The number of benzene rings is 1. The van der Waals surface area contributed by atoms with Crippen LogP contribution in [0.4, 0.5) is 32.0 Å². The number of nitrogens with one attached hydrogen (secondary N) is 1. The smallest absolute Gasteiger partial charge is 0.322 e. The predicted molar refractivity (Wildman–Crippen MR) is 84.1 cm³/mol. The van der Waals surface area contributed by atoms with E-state index in [2.05, 4.69) is 10.4 Å². The van der Waals surface area contributed by atoms with Crippen LogP contribution in [0.1, 0.15) is 30.7 Å². The molecule has 1 heterocycles. The molecule has 0 saturated heterocycles. The molecule has 2 aromatic rings. The van der Waals surface area contributed by atoms with Gasteiger partial charge in [-0.3, -0.25) is 4.79 Å². The summed E-state index contributed by atoms with van der Waals surface area (Å²) < 4.78 is 77.6. The third-order valence-corrected chi connectivity index (χ3v) is 3.99. The first-order valence-corrected chi connectivity index (χ1v) is 7.91. The molecule has 0 spiro atoms. The minimum absolute atomic E-state index is 0.0394. The van der Waals surface area contributed by atoms with Crippen LogP contribution in [0, 0.1) is 0 Å². The first-order valence-electron chi connectivity index (χ1n) is 7.91. The highest BCUT2D eigenvalue weighted by molar-refractivity contribution is 6.03. The molecule has 1 amide bonds. The number of anilines is 1. The standard InChI is InChI=1S/C17H13F6N3O/c18-16(19,20)13-9-14(17(21,22)23)26(25-13)12-7-5-11(6-8-12)24-15(27)10-3-1-2-4-10/h3,5-9H,1-2,4H2,(H,24,27). The number of hydrogen-bond acceptors (Lipinski definition) is 2. The summed E-state index contributed by atoms with van der Waals surface area (Å²) in [7, 11) is 0. The molecule has 3 rings (SSSR count). The maximum Gasteiger partial charge on any atom is 0.435 e. The highest BCUT2D eigenvalue weighted by atomic mass is 19.4. The van der Waals surface area contributed by atoms with Gasteiger partial charge in [-0.15, -0.1) is 0 Å². The van der Waals surface area contributed by atoms with Crippen LogP contribution in [0.25, 0.3) is 5.69 Å². The van der Waals surface area contributed by atoms with Gasteiger partial charge in [0.1, 0.15) is 5.69 Å². The molecule has 0 bridgehead atoms. The van der Waals surface area contributed by atoms with Crippen LogP contribution < -0.4 is 5.32 Å². The second-order valence-corrected chi connectivity index (χ2v) is 5.94. The fraction of sp³-hybridized carbons (Fsp3) is 0.294. The quantitative estimate of drug-likeness (QED) is 0.755. The van der Waals surface area contributed by atoms with E-state index in [0.717, 1.165) is 25.0 Å². The summed E-state index contributed by atoms with van der Waals surface area (Å²) in [5.74, 6) is -0.310. The van der Waals surface area contributed by atoms with E-state index in [1.54, 1.807) is 0 Å². The lowest BCUT2D eigenvalue weighted by atomic mass is 10.2. The van der Waals surface area contributed by atoms with Crippen molar-refractivity contribution in [2.24, 2.45) is 0 Å². The maximum atomic E-state index is 13.1. The van der Waals surface area contributed by atoms with Gasteiger partial charge < -0.3 is 5.32 Å². The fourth-order valence-electron chi connectivity index (χ4n) is 2.69. The normalized spacial score (nSPS) is 15.0.